The highest BCUT2D eigenvalue weighted by Crippen LogP contribution is 2.28. The number of nitriles is 1. The van der Waals surface area contributed by atoms with E-state index in [1.165, 1.54) is 12.4 Å². The number of rotatable bonds is 2. The molecule has 0 amide bonds. The summed E-state index contributed by atoms with van der Waals surface area (Å²) in [5.41, 5.74) is 8.02. The second-order valence-corrected chi connectivity index (χ2v) is 3.44. The number of hydrogen-bond acceptors (Lipinski definition) is 5. The number of para-hydroxylation sites is 2. The Balaban J connectivity index is 2.24. The lowest BCUT2D eigenvalue weighted by Gasteiger charge is -2.21. The van der Waals surface area contributed by atoms with Crippen LogP contribution in [0.3, 0.4) is 0 Å². The van der Waals surface area contributed by atoms with Gasteiger partial charge in [-0.1, -0.05) is 12.1 Å². The van der Waals surface area contributed by atoms with Gasteiger partial charge < -0.3 is 11.1 Å². The van der Waals surface area contributed by atoms with Crippen LogP contribution in [0.2, 0.25) is 0 Å². The van der Waals surface area contributed by atoms with E-state index in [1.807, 2.05) is 24.3 Å². The predicted molar refractivity (Wildman–Crippen MR) is 68.4 cm³/mol. The number of nitrogens with one attached hydrogen (secondary N) is 1. The van der Waals surface area contributed by atoms with Crippen molar-refractivity contribution >= 4 is 23.8 Å². The second-order valence-electron chi connectivity index (χ2n) is 3.44. The zero-order valence-corrected chi connectivity index (χ0v) is 9.04. The van der Waals surface area contributed by atoms with Crippen molar-refractivity contribution in [3.05, 3.63) is 36.0 Å². The summed E-state index contributed by atoms with van der Waals surface area (Å²) in [5.74, 6) is 0. The van der Waals surface area contributed by atoms with E-state index in [0.29, 0.717) is 5.57 Å². The summed E-state index contributed by atoms with van der Waals surface area (Å²) in [6.07, 6.45) is 6.28. The molecule has 1 unspecified atom stereocenters. The molecular formula is C12H11N5. The van der Waals surface area contributed by atoms with Crippen molar-refractivity contribution in [3.63, 3.8) is 0 Å². The van der Waals surface area contributed by atoms with Crippen LogP contribution in [0.25, 0.3) is 0 Å². The van der Waals surface area contributed by atoms with Crippen LogP contribution >= 0.6 is 0 Å². The fourth-order valence-electron chi connectivity index (χ4n) is 1.57. The zero-order valence-electron chi connectivity index (χ0n) is 9.04. The Labute approximate surface area is 99.0 Å². The van der Waals surface area contributed by atoms with Crippen LogP contribution < -0.4 is 11.1 Å². The third-order valence-electron chi connectivity index (χ3n) is 2.40. The van der Waals surface area contributed by atoms with Crippen molar-refractivity contribution in [3.8, 4) is 6.19 Å². The maximum atomic E-state index is 8.40. The average molecular weight is 225 g/mol. The summed E-state index contributed by atoms with van der Waals surface area (Å²) >= 11 is 0. The number of nitrogens with two attached hydrogens (primary N) is 1. The highest BCUT2D eigenvalue weighted by molar-refractivity contribution is 5.94. The quantitative estimate of drug-likeness (QED) is 0.591. The fourth-order valence-corrected chi connectivity index (χ4v) is 1.57. The molecule has 0 saturated carbocycles. The van der Waals surface area contributed by atoms with Gasteiger partial charge in [0.25, 0.3) is 0 Å². The van der Waals surface area contributed by atoms with Crippen LogP contribution in [0.15, 0.2) is 46.0 Å². The molecule has 17 heavy (non-hydrogen) atoms. The Morgan fingerprint density at radius 1 is 1.53 bits per heavy atom. The van der Waals surface area contributed by atoms with Gasteiger partial charge in [0.2, 0.25) is 6.19 Å². The summed E-state index contributed by atoms with van der Waals surface area (Å²) in [5, 5.41) is 11.7. The van der Waals surface area contributed by atoms with Crippen molar-refractivity contribution in [1.29, 1.82) is 5.26 Å². The minimum Gasteiger partial charge on any atom is -0.404 e. The van der Waals surface area contributed by atoms with Crippen molar-refractivity contribution in [1.82, 2.24) is 0 Å². The molecule has 3 N–H and O–H groups in total. The monoisotopic (exact) mass is 225 g/mol. The van der Waals surface area contributed by atoms with Gasteiger partial charge in [0.05, 0.1) is 17.4 Å². The van der Waals surface area contributed by atoms with Crippen LogP contribution in [0.5, 0.6) is 0 Å². The molecule has 1 aromatic carbocycles. The number of hydrogen-bond donors (Lipinski definition) is 2. The predicted octanol–water partition coefficient (Wildman–Crippen LogP) is 1.58. The van der Waals surface area contributed by atoms with Gasteiger partial charge in [-0.05, 0) is 12.1 Å². The van der Waals surface area contributed by atoms with Crippen molar-refractivity contribution in [2.24, 2.45) is 15.7 Å². The summed E-state index contributed by atoms with van der Waals surface area (Å²) in [7, 11) is 0. The number of fused-ring (bicyclic) bond motifs is 1. The first kappa shape index (κ1) is 10.9. The molecule has 5 nitrogen and oxygen atoms in total. The lowest BCUT2D eigenvalue weighted by atomic mass is 10.1. The zero-order chi connectivity index (χ0) is 12.1. The Bertz CT molecular complexity index is 536. The van der Waals surface area contributed by atoms with Gasteiger partial charge in [-0.25, -0.2) is 0 Å². The second kappa shape index (κ2) is 4.94. The molecule has 0 radical (unpaired) electrons. The third-order valence-corrected chi connectivity index (χ3v) is 2.40. The molecule has 0 spiro atoms. The summed E-state index contributed by atoms with van der Waals surface area (Å²) in [6, 6.07) is 7.55. The molecule has 0 aromatic heterocycles. The minimum atomic E-state index is -0.160. The van der Waals surface area contributed by atoms with Gasteiger partial charge in [-0.3, -0.25) is 4.99 Å². The minimum absolute atomic E-state index is 0.160. The molecule has 0 bridgehead atoms. The van der Waals surface area contributed by atoms with Gasteiger partial charge in [-0.15, -0.1) is 0 Å². The number of anilines is 1. The van der Waals surface area contributed by atoms with Gasteiger partial charge >= 0.3 is 0 Å². The molecule has 1 aromatic rings. The maximum absolute atomic E-state index is 8.40. The lowest BCUT2D eigenvalue weighted by Crippen LogP contribution is -2.27. The number of benzene rings is 1. The Morgan fingerprint density at radius 3 is 3.12 bits per heavy atom. The standard InChI is InChI=1S/C12H11N5/c13-5-9(6-15-8-14)12-7-16-10-3-1-2-4-11(10)17-12/h1-7,12,17H,13H2. The molecule has 1 aliphatic rings. The molecule has 0 saturated heterocycles. The topological polar surface area (TPSA) is 86.6 Å². The van der Waals surface area contributed by atoms with Crippen LogP contribution in [-0.2, 0) is 0 Å². The van der Waals surface area contributed by atoms with E-state index < -0.39 is 0 Å². The van der Waals surface area contributed by atoms with E-state index in [0.717, 1.165) is 11.4 Å². The molecule has 2 rings (SSSR count). The average Bonchev–Trinajstić information content (AvgIpc) is 2.39. The van der Waals surface area contributed by atoms with Crippen LogP contribution in [-0.4, -0.2) is 18.5 Å². The summed E-state index contributed by atoms with van der Waals surface area (Å²) in [4.78, 5) is 7.83. The molecule has 5 heteroatoms. The molecule has 0 aliphatic carbocycles. The van der Waals surface area contributed by atoms with Gasteiger partial charge in [0.1, 0.15) is 0 Å². The molecule has 1 aliphatic heterocycles. The molecule has 84 valence electrons. The smallest absolute Gasteiger partial charge is 0.205 e. The first-order chi connectivity index (χ1) is 8.35. The largest absolute Gasteiger partial charge is 0.404 e. The van der Waals surface area contributed by atoms with Gasteiger partial charge in [0, 0.05) is 24.2 Å². The highest BCUT2D eigenvalue weighted by Gasteiger charge is 2.15. The first-order valence-electron chi connectivity index (χ1n) is 5.09. The Kier molecular flexibility index (Phi) is 3.17. The normalized spacial score (nSPS) is 18.5. The SMILES string of the molecule is N#CN=CC(=CN)C1C=Nc2ccccc2N1. The summed E-state index contributed by atoms with van der Waals surface area (Å²) in [6.45, 7) is 0. The Morgan fingerprint density at radius 2 is 2.35 bits per heavy atom. The van der Waals surface area contributed by atoms with E-state index >= 15 is 0 Å². The van der Waals surface area contributed by atoms with Crippen LogP contribution in [0, 0.1) is 11.5 Å². The first-order valence-corrected chi connectivity index (χ1v) is 5.09. The van der Waals surface area contributed by atoms with Crippen LogP contribution in [0.4, 0.5) is 11.4 Å². The lowest BCUT2D eigenvalue weighted by molar-refractivity contribution is 1.12. The van der Waals surface area contributed by atoms with Gasteiger partial charge in [-0.2, -0.15) is 10.3 Å². The van der Waals surface area contributed by atoms with E-state index in [2.05, 4.69) is 15.3 Å². The van der Waals surface area contributed by atoms with Gasteiger partial charge in [0.15, 0.2) is 0 Å². The third kappa shape index (κ3) is 2.32. The maximum Gasteiger partial charge on any atom is 0.205 e. The van der Waals surface area contributed by atoms with E-state index in [1.54, 1.807) is 12.4 Å². The van der Waals surface area contributed by atoms with E-state index in [-0.39, 0.29) is 6.04 Å². The van der Waals surface area contributed by atoms with Crippen LogP contribution in [0.1, 0.15) is 0 Å². The fraction of sp³-hybridized carbons (Fsp3) is 0.0833. The summed E-state index contributed by atoms with van der Waals surface area (Å²) < 4.78 is 0. The van der Waals surface area contributed by atoms with Crippen molar-refractivity contribution in [2.45, 2.75) is 6.04 Å². The molecule has 1 atom stereocenters. The molecule has 0 fully saturated rings. The molecule has 1 heterocycles. The van der Waals surface area contributed by atoms with Crippen molar-refractivity contribution < 1.29 is 0 Å². The van der Waals surface area contributed by atoms with Crippen molar-refractivity contribution in [2.75, 3.05) is 5.32 Å². The van der Waals surface area contributed by atoms with E-state index in [4.69, 9.17) is 11.0 Å². The van der Waals surface area contributed by atoms with E-state index in [9.17, 15) is 0 Å². The molecular weight excluding hydrogens is 214 g/mol. The number of aliphatic imine (C=N–C) groups is 2. The number of nitrogens with zero attached hydrogens (tertiary/aromatic N) is 3. The Hall–Kier alpha value is -2.61. The highest BCUT2D eigenvalue weighted by atomic mass is 15.0.